The third-order valence-electron chi connectivity index (χ3n) is 4.08. The molecule has 0 spiro atoms. The first-order valence-electron chi connectivity index (χ1n) is 7.42. The standard InChI is InChI=1S/C14H18N4O3S/c19-11(4-3-10-12(20)17-14(21)16-10)18-6-1-2-9(8-18)13-15-5-7-22-13/h5,7,9-10H,1-4,6,8H2,(H2,16,17,20,21)/t9-,10-/m1/s1. The Kier molecular flexibility index (Phi) is 4.37. The molecule has 3 rings (SSSR count). The van der Waals surface area contributed by atoms with Crippen LogP contribution >= 0.6 is 11.3 Å². The lowest BCUT2D eigenvalue weighted by molar-refractivity contribution is -0.132. The molecule has 0 bridgehead atoms. The average Bonchev–Trinajstić information content (AvgIpc) is 3.15. The zero-order valence-corrected chi connectivity index (χ0v) is 12.9. The molecule has 4 amide bonds. The summed E-state index contributed by atoms with van der Waals surface area (Å²) in [5.41, 5.74) is 0. The van der Waals surface area contributed by atoms with Crippen molar-refractivity contribution in [3.63, 3.8) is 0 Å². The van der Waals surface area contributed by atoms with Gasteiger partial charge in [0.1, 0.15) is 6.04 Å². The molecule has 7 nitrogen and oxygen atoms in total. The van der Waals surface area contributed by atoms with Gasteiger partial charge < -0.3 is 10.2 Å². The molecule has 0 unspecified atom stereocenters. The number of nitrogens with zero attached hydrogens (tertiary/aromatic N) is 2. The summed E-state index contributed by atoms with van der Waals surface area (Å²) < 4.78 is 0. The highest BCUT2D eigenvalue weighted by Gasteiger charge is 2.31. The van der Waals surface area contributed by atoms with E-state index < -0.39 is 12.1 Å². The first kappa shape index (κ1) is 15.0. The van der Waals surface area contributed by atoms with Crippen LogP contribution in [-0.4, -0.2) is 46.9 Å². The summed E-state index contributed by atoms with van der Waals surface area (Å²) in [6.07, 6.45) is 4.43. The molecule has 0 aliphatic carbocycles. The molecule has 3 heterocycles. The van der Waals surface area contributed by atoms with Gasteiger partial charge in [-0.25, -0.2) is 9.78 Å². The first-order chi connectivity index (χ1) is 10.6. The predicted molar refractivity (Wildman–Crippen MR) is 80.4 cm³/mol. The maximum Gasteiger partial charge on any atom is 0.322 e. The van der Waals surface area contributed by atoms with Crippen LogP contribution in [-0.2, 0) is 9.59 Å². The Morgan fingerprint density at radius 2 is 2.32 bits per heavy atom. The normalized spacial score (nSPS) is 25.0. The van der Waals surface area contributed by atoms with E-state index in [0.29, 0.717) is 18.9 Å². The third kappa shape index (κ3) is 3.27. The average molecular weight is 322 g/mol. The number of carbonyl (C=O) groups is 3. The minimum absolute atomic E-state index is 0.0372. The van der Waals surface area contributed by atoms with Gasteiger partial charge in [-0.1, -0.05) is 0 Å². The summed E-state index contributed by atoms with van der Waals surface area (Å²) >= 11 is 1.63. The molecule has 8 heteroatoms. The molecule has 0 saturated carbocycles. The zero-order valence-electron chi connectivity index (χ0n) is 12.1. The number of piperidine rings is 1. The highest BCUT2D eigenvalue weighted by molar-refractivity contribution is 7.09. The maximum absolute atomic E-state index is 12.3. The lowest BCUT2D eigenvalue weighted by Gasteiger charge is -2.32. The molecular weight excluding hydrogens is 304 g/mol. The number of thiazole rings is 1. The van der Waals surface area contributed by atoms with Crippen molar-refractivity contribution in [1.29, 1.82) is 0 Å². The SMILES string of the molecule is O=C1NC(=O)[C@@H](CCC(=O)N2CCC[C@@H](c3nccs3)C2)N1. The van der Waals surface area contributed by atoms with Gasteiger partial charge in [0.25, 0.3) is 5.91 Å². The Balaban J connectivity index is 1.51. The van der Waals surface area contributed by atoms with E-state index in [9.17, 15) is 14.4 Å². The minimum atomic E-state index is -0.587. The zero-order chi connectivity index (χ0) is 15.5. The van der Waals surface area contributed by atoms with Gasteiger partial charge in [-0.2, -0.15) is 0 Å². The van der Waals surface area contributed by atoms with E-state index in [1.807, 2.05) is 10.3 Å². The van der Waals surface area contributed by atoms with Crippen LogP contribution in [0.4, 0.5) is 4.79 Å². The number of imide groups is 1. The monoisotopic (exact) mass is 322 g/mol. The van der Waals surface area contributed by atoms with Crippen molar-refractivity contribution in [2.75, 3.05) is 13.1 Å². The van der Waals surface area contributed by atoms with Gasteiger partial charge in [0.05, 0.1) is 5.01 Å². The van der Waals surface area contributed by atoms with Gasteiger partial charge in [-0.15, -0.1) is 11.3 Å². The van der Waals surface area contributed by atoms with Gasteiger partial charge in [0.2, 0.25) is 5.91 Å². The molecule has 1 aromatic heterocycles. The van der Waals surface area contributed by atoms with Crippen LogP contribution in [0.1, 0.15) is 36.6 Å². The molecule has 1 aromatic rings. The summed E-state index contributed by atoms with van der Waals surface area (Å²) in [6.45, 7) is 1.44. The van der Waals surface area contributed by atoms with Crippen molar-refractivity contribution in [2.24, 2.45) is 0 Å². The molecule has 0 aromatic carbocycles. The summed E-state index contributed by atoms with van der Waals surface area (Å²) in [6, 6.07) is -1.07. The molecule has 2 atom stereocenters. The van der Waals surface area contributed by atoms with Crippen LogP contribution in [0.25, 0.3) is 0 Å². The highest BCUT2D eigenvalue weighted by Crippen LogP contribution is 2.28. The van der Waals surface area contributed by atoms with Gasteiger partial charge >= 0.3 is 6.03 Å². The van der Waals surface area contributed by atoms with Crippen LogP contribution in [0.2, 0.25) is 0 Å². The molecule has 2 aliphatic heterocycles. The summed E-state index contributed by atoms with van der Waals surface area (Å²) in [5, 5.41) is 7.73. The van der Waals surface area contributed by atoms with Crippen LogP contribution in [0.15, 0.2) is 11.6 Å². The Morgan fingerprint density at radius 1 is 1.45 bits per heavy atom. The topological polar surface area (TPSA) is 91.4 Å². The van der Waals surface area contributed by atoms with E-state index in [-0.39, 0.29) is 18.2 Å². The summed E-state index contributed by atoms with van der Waals surface area (Å²) in [7, 11) is 0. The molecule has 118 valence electrons. The van der Waals surface area contributed by atoms with E-state index in [1.54, 1.807) is 17.5 Å². The fourth-order valence-electron chi connectivity index (χ4n) is 2.93. The second-order valence-electron chi connectivity index (χ2n) is 5.60. The number of urea groups is 1. The third-order valence-corrected chi connectivity index (χ3v) is 5.02. The number of amides is 4. The fourth-order valence-corrected chi connectivity index (χ4v) is 3.70. The lowest BCUT2D eigenvalue weighted by Crippen LogP contribution is -2.40. The first-order valence-corrected chi connectivity index (χ1v) is 8.30. The number of nitrogens with one attached hydrogen (secondary N) is 2. The van der Waals surface area contributed by atoms with Gasteiger partial charge in [-0.05, 0) is 19.3 Å². The maximum atomic E-state index is 12.3. The van der Waals surface area contributed by atoms with Gasteiger partial charge in [0, 0.05) is 37.0 Å². The van der Waals surface area contributed by atoms with Crippen molar-refractivity contribution in [3.05, 3.63) is 16.6 Å². The molecule has 2 aliphatic rings. The Morgan fingerprint density at radius 3 is 3.00 bits per heavy atom. The van der Waals surface area contributed by atoms with E-state index >= 15 is 0 Å². The predicted octanol–water partition coefficient (Wildman–Crippen LogP) is 0.837. The number of rotatable bonds is 4. The van der Waals surface area contributed by atoms with Crippen molar-refractivity contribution < 1.29 is 14.4 Å². The number of hydrogen-bond acceptors (Lipinski definition) is 5. The van der Waals surface area contributed by atoms with Crippen LogP contribution in [0.5, 0.6) is 0 Å². The van der Waals surface area contributed by atoms with E-state index in [4.69, 9.17) is 0 Å². The second kappa shape index (κ2) is 6.43. The number of likely N-dealkylation sites (tertiary alicyclic amines) is 1. The van der Waals surface area contributed by atoms with Crippen molar-refractivity contribution >= 4 is 29.2 Å². The molecule has 2 fully saturated rings. The van der Waals surface area contributed by atoms with Crippen molar-refractivity contribution in [1.82, 2.24) is 20.5 Å². The number of carbonyl (C=O) groups excluding carboxylic acids is 3. The number of hydrogen-bond donors (Lipinski definition) is 2. The van der Waals surface area contributed by atoms with E-state index in [1.165, 1.54) is 0 Å². The van der Waals surface area contributed by atoms with Crippen LogP contribution in [0.3, 0.4) is 0 Å². The minimum Gasteiger partial charge on any atom is -0.342 e. The van der Waals surface area contributed by atoms with Crippen molar-refractivity contribution in [2.45, 2.75) is 37.6 Å². The molecule has 2 saturated heterocycles. The summed E-state index contributed by atoms with van der Waals surface area (Å²) in [5.74, 6) is -0.000469. The Labute approximate surface area is 132 Å². The Hall–Kier alpha value is -1.96. The smallest absolute Gasteiger partial charge is 0.322 e. The molecular formula is C14H18N4O3S. The Bertz CT molecular complexity index is 575. The summed E-state index contributed by atoms with van der Waals surface area (Å²) in [4.78, 5) is 41.0. The fraction of sp³-hybridized carbons (Fsp3) is 0.571. The van der Waals surface area contributed by atoms with Crippen molar-refractivity contribution in [3.8, 4) is 0 Å². The molecule has 22 heavy (non-hydrogen) atoms. The number of aromatic nitrogens is 1. The van der Waals surface area contributed by atoms with Crippen LogP contribution < -0.4 is 10.6 Å². The van der Waals surface area contributed by atoms with Gasteiger partial charge in [-0.3, -0.25) is 14.9 Å². The molecule has 2 N–H and O–H groups in total. The van der Waals surface area contributed by atoms with E-state index in [2.05, 4.69) is 15.6 Å². The van der Waals surface area contributed by atoms with Gasteiger partial charge in [0.15, 0.2) is 0 Å². The lowest BCUT2D eigenvalue weighted by atomic mass is 9.98. The van der Waals surface area contributed by atoms with E-state index in [0.717, 1.165) is 24.4 Å². The quantitative estimate of drug-likeness (QED) is 0.804. The van der Waals surface area contributed by atoms with Crippen LogP contribution in [0, 0.1) is 0 Å². The largest absolute Gasteiger partial charge is 0.342 e. The highest BCUT2D eigenvalue weighted by atomic mass is 32.1. The second-order valence-corrected chi connectivity index (χ2v) is 6.53. The molecule has 0 radical (unpaired) electrons.